The number of carbonyl (C=O) groups is 1. The Bertz CT molecular complexity index is 649. The number of benzene rings is 1. The maximum Gasteiger partial charge on any atom is 0.251 e. The Kier molecular flexibility index (Phi) is 7.92. The Hall–Kier alpha value is -1.31. The first-order valence-corrected chi connectivity index (χ1v) is 8.97. The van der Waals surface area contributed by atoms with Gasteiger partial charge in [-0.05, 0) is 50.3 Å². The Morgan fingerprint density at radius 1 is 1.31 bits per heavy atom. The van der Waals surface area contributed by atoms with E-state index in [0.29, 0.717) is 17.5 Å². The van der Waals surface area contributed by atoms with Crippen LogP contribution >= 0.6 is 24.0 Å². The van der Waals surface area contributed by atoms with Gasteiger partial charge in [-0.2, -0.15) is 0 Å². The number of nitrogens with zero attached hydrogens (tertiary/aromatic N) is 2. The van der Waals surface area contributed by atoms with Crippen molar-refractivity contribution < 1.29 is 4.79 Å². The van der Waals surface area contributed by atoms with Crippen molar-refractivity contribution in [1.82, 2.24) is 15.5 Å². The van der Waals surface area contributed by atoms with Gasteiger partial charge in [0.2, 0.25) is 0 Å². The van der Waals surface area contributed by atoms with Crippen molar-refractivity contribution >= 4 is 35.8 Å². The van der Waals surface area contributed by atoms with Crippen LogP contribution in [0.4, 0.5) is 0 Å². The number of aliphatic imine (C=N–C) groups is 1. The summed E-state index contributed by atoms with van der Waals surface area (Å²) in [7, 11) is 1.82. The van der Waals surface area contributed by atoms with E-state index in [9.17, 15) is 4.79 Å². The first-order chi connectivity index (χ1) is 11.6. The summed E-state index contributed by atoms with van der Waals surface area (Å²) >= 11 is 0. The van der Waals surface area contributed by atoms with Crippen LogP contribution in [0.5, 0.6) is 0 Å². The minimum Gasteiger partial charge on any atom is -0.352 e. The maximum absolute atomic E-state index is 12.3. The molecule has 1 saturated heterocycles. The molecule has 5 nitrogen and oxygen atoms in total. The first-order valence-electron chi connectivity index (χ1n) is 8.97. The van der Waals surface area contributed by atoms with Crippen molar-refractivity contribution in [3.63, 3.8) is 0 Å². The molecule has 0 aromatic heterocycles. The first kappa shape index (κ1) is 22.7. The fourth-order valence-corrected chi connectivity index (χ4v) is 3.04. The third-order valence-electron chi connectivity index (χ3n) is 4.32. The number of hydrogen-bond donors (Lipinski definition) is 2. The van der Waals surface area contributed by atoms with Crippen molar-refractivity contribution in [2.24, 2.45) is 10.4 Å². The molecule has 0 bridgehead atoms. The van der Waals surface area contributed by atoms with E-state index in [1.807, 2.05) is 52.1 Å². The highest BCUT2D eigenvalue weighted by atomic mass is 127. The lowest BCUT2D eigenvalue weighted by Gasteiger charge is -2.24. The molecule has 2 rings (SSSR count). The number of amides is 1. The van der Waals surface area contributed by atoms with Crippen LogP contribution < -0.4 is 10.6 Å². The second-order valence-electron chi connectivity index (χ2n) is 8.64. The van der Waals surface area contributed by atoms with Crippen LogP contribution in [0, 0.1) is 5.41 Å². The molecule has 1 aromatic rings. The van der Waals surface area contributed by atoms with E-state index in [2.05, 4.69) is 34.4 Å². The normalized spacial score (nSPS) is 16.8. The molecule has 0 radical (unpaired) electrons. The number of nitrogens with one attached hydrogen (secondary N) is 2. The largest absolute Gasteiger partial charge is 0.352 e. The van der Waals surface area contributed by atoms with Gasteiger partial charge in [0.15, 0.2) is 5.96 Å². The molecule has 0 atom stereocenters. The molecule has 0 unspecified atom stereocenters. The fourth-order valence-electron chi connectivity index (χ4n) is 3.04. The molecule has 26 heavy (non-hydrogen) atoms. The minimum atomic E-state index is -0.240. The molecular weight excluding hydrogens is 439 g/mol. The summed E-state index contributed by atoms with van der Waals surface area (Å²) in [5.41, 5.74) is 1.85. The highest BCUT2D eigenvalue weighted by molar-refractivity contribution is 14.0. The monoisotopic (exact) mass is 472 g/mol. The van der Waals surface area contributed by atoms with E-state index in [1.165, 1.54) is 6.42 Å². The van der Waals surface area contributed by atoms with E-state index >= 15 is 0 Å². The molecule has 6 heteroatoms. The molecule has 146 valence electrons. The molecule has 0 saturated carbocycles. The molecule has 1 heterocycles. The van der Waals surface area contributed by atoms with Gasteiger partial charge in [0.1, 0.15) is 0 Å². The average Bonchev–Trinajstić information content (AvgIpc) is 2.86. The van der Waals surface area contributed by atoms with Gasteiger partial charge in [-0.15, -0.1) is 24.0 Å². The molecule has 1 amide bonds. The lowest BCUT2D eigenvalue weighted by Crippen LogP contribution is -2.41. The Balaban J connectivity index is 0.00000338. The van der Waals surface area contributed by atoms with E-state index in [4.69, 9.17) is 0 Å². The number of rotatable bonds is 3. The molecule has 1 aromatic carbocycles. The standard InChI is InChI=1S/C20H32N4O.HI/c1-19(2,3)23-17(25)16-9-7-8-15(12-16)13-22-18(21-6)24-11-10-20(4,5)14-24;/h7-9,12H,10-11,13-14H2,1-6H3,(H,21,22)(H,23,25);1H. The van der Waals surface area contributed by atoms with Crippen LogP contribution in [0.3, 0.4) is 0 Å². The quantitative estimate of drug-likeness (QED) is 0.401. The minimum absolute atomic E-state index is 0. The Morgan fingerprint density at radius 3 is 2.54 bits per heavy atom. The highest BCUT2D eigenvalue weighted by Gasteiger charge is 2.30. The number of guanidine groups is 1. The number of halogens is 1. The van der Waals surface area contributed by atoms with Crippen molar-refractivity contribution in [2.45, 2.75) is 53.1 Å². The zero-order valence-electron chi connectivity index (χ0n) is 16.8. The van der Waals surface area contributed by atoms with Crippen LogP contribution in [0.2, 0.25) is 0 Å². The van der Waals surface area contributed by atoms with Crippen molar-refractivity contribution in [2.75, 3.05) is 20.1 Å². The zero-order chi connectivity index (χ0) is 18.7. The van der Waals surface area contributed by atoms with Gasteiger partial charge in [0, 0.05) is 37.8 Å². The van der Waals surface area contributed by atoms with Crippen molar-refractivity contribution in [1.29, 1.82) is 0 Å². The average molecular weight is 472 g/mol. The van der Waals surface area contributed by atoms with Gasteiger partial charge in [-0.1, -0.05) is 26.0 Å². The topological polar surface area (TPSA) is 56.7 Å². The van der Waals surface area contributed by atoms with Gasteiger partial charge in [-0.3, -0.25) is 9.79 Å². The summed E-state index contributed by atoms with van der Waals surface area (Å²) in [4.78, 5) is 19.0. The lowest BCUT2D eigenvalue weighted by atomic mass is 9.93. The zero-order valence-corrected chi connectivity index (χ0v) is 19.2. The van der Waals surface area contributed by atoms with Crippen molar-refractivity contribution in [3.8, 4) is 0 Å². The molecule has 1 fully saturated rings. The third kappa shape index (κ3) is 6.78. The van der Waals surface area contributed by atoms with E-state index < -0.39 is 0 Å². The summed E-state index contributed by atoms with van der Waals surface area (Å²) in [5.74, 6) is 0.884. The van der Waals surface area contributed by atoms with Gasteiger partial charge in [-0.25, -0.2) is 0 Å². The summed E-state index contributed by atoms with van der Waals surface area (Å²) in [6.45, 7) is 13.2. The van der Waals surface area contributed by atoms with Gasteiger partial charge in [0.05, 0.1) is 0 Å². The summed E-state index contributed by atoms with van der Waals surface area (Å²) in [6.07, 6.45) is 1.18. The van der Waals surface area contributed by atoms with Crippen LogP contribution in [-0.4, -0.2) is 42.4 Å². The number of hydrogen-bond acceptors (Lipinski definition) is 2. The Morgan fingerprint density at radius 2 is 2.00 bits per heavy atom. The Labute approximate surface area is 175 Å². The molecular formula is C20H33IN4O. The van der Waals surface area contributed by atoms with Gasteiger partial charge in [0.25, 0.3) is 5.91 Å². The molecule has 1 aliphatic heterocycles. The van der Waals surface area contributed by atoms with Crippen molar-refractivity contribution in [3.05, 3.63) is 35.4 Å². The predicted molar refractivity (Wildman–Crippen MR) is 119 cm³/mol. The van der Waals surface area contributed by atoms with Gasteiger partial charge >= 0.3 is 0 Å². The van der Waals surface area contributed by atoms with Crippen LogP contribution in [0.1, 0.15) is 57.0 Å². The second kappa shape index (κ2) is 9.06. The highest BCUT2D eigenvalue weighted by Crippen LogP contribution is 2.28. The fraction of sp³-hybridized carbons (Fsp3) is 0.600. The van der Waals surface area contributed by atoms with Crippen LogP contribution in [-0.2, 0) is 6.54 Å². The smallest absolute Gasteiger partial charge is 0.251 e. The molecule has 2 N–H and O–H groups in total. The second-order valence-corrected chi connectivity index (χ2v) is 8.64. The molecule has 1 aliphatic rings. The van der Waals surface area contributed by atoms with E-state index in [1.54, 1.807) is 0 Å². The summed E-state index contributed by atoms with van der Waals surface area (Å²) in [6, 6.07) is 7.75. The number of carbonyl (C=O) groups excluding carboxylic acids is 1. The van der Waals surface area contributed by atoms with E-state index in [0.717, 1.165) is 24.6 Å². The lowest BCUT2D eigenvalue weighted by molar-refractivity contribution is 0.0919. The molecule has 0 spiro atoms. The van der Waals surface area contributed by atoms with E-state index in [-0.39, 0.29) is 35.4 Å². The number of likely N-dealkylation sites (tertiary alicyclic amines) is 1. The maximum atomic E-state index is 12.3. The summed E-state index contributed by atoms with van der Waals surface area (Å²) in [5, 5.41) is 6.43. The van der Waals surface area contributed by atoms with Crippen LogP contribution in [0.25, 0.3) is 0 Å². The SMILES string of the molecule is CN=C(NCc1cccc(C(=O)NC(C)(C)C)c1)N1CCC(C)(C)C1.I. The molecule has 0 aliphatic carbocycles. The third-order valence-corrected chi connectivity index (χ3v) is 4.32. The summed E-state index contributed by atoms with van der Waals surface area (Å²) < 4.78 is 0. The predicted octanol–water partition coefficient (Wildman–Crippen LogP) is 3.64. The van der Waals surface area contributed by atoms with Gasteiger partial charge < -0.3 is 15.5 Å². The van der Waals surface area contributed by atoms with Crippen LogP contribution in [0.15, 0.2) is 29.3 Å².